The van der Waals surface area contributed by atoms with Gasteiger partial charge in [0.2, 0.25) is 15.9 Å². The van der Waals surface area contributed by atoms with Crippen LogP contribution in [0.3, 0.4) is 0 Å². The Labute approximate surface area is 126 Å². The fraction of sp³-hybridized carbons (Fsp3) is 0.417. The number of ether oxygens (including phenoxy) is 1. The van der Waals surface area contributed by atoms with Crippen LogP contribution in [-0.4, -0.2) is 28.0 Å². The molecule has 1 aromatic rings. The lowest BCUT2D eigenvalue weighted by Gasteiger charge is -2.11. The summed E-state index contributed by atoms with van der Waals surface area (Å²) >= 11 is 3.23. The lowest BCUT2D eigenvalue weighted by atomic mass is 10.2. The van der Waals surface area contributed by atoms with Crippen molar-refractivity contribution in [1.82, 2.24) is 4.72 Å². The van der Waals surface area contributed by atoms with Crippen molar-refractivity contribution in [2.45, 2.75) is 24.2 Å². The molecule has 1 aromatic carbocycles. The minimum Gasteiger partial charge on any atom is -0.495 e. The number of methoxy groups -OCH3 is 1. The zero-order valence-electron chi connectivity index (χ0n) is 11.1. The van der Waals surface area contributed by atoms with E-state index in [0.717, 1.165) is 0 Å². The average Bonchev–Trinajstić information content (AvgIpc) is 2.37. The maximum atomic E-state index is 12.2. The number of amides is 1. The van der Waals surface area contributed by atoms with Crippen LogP contribution in [0.4, 0.5) is 0 Å². The van der Waals surface area contributed by atoms with E-state index in [1.165, 1.54) is 13.2 Å². The molecule has 0 saturated carbocycles. The Morgan fingerprint density at radius 3 is 2.70 bits per heavy atom. The van der Waals surface area contributed by atoms with Crippen molar-refractivity contribution in [3.63, 3.8) is 0 Å². The number of carbonyl (C=O) groups is 1. The maximum absolute atomic E-state index is 12.2. The van der Waals surface area contributed by atoms with Crippen molar-refractivity contribution in [2.24, 2.45) is 5.73 Å². The van der Waals surface area contributed by atoms with E-state index in [1.54, 1.807) is 12.1 Å². The number of nitrogens with one attached hydrogen (secondary N) is 1. The Bertz CT molecular complexity index is 575. The summed E-state index contributed by atoms with van der Waals surface area (Å²) in [6, 6.07) is 4.75. The van der Waals surface area contributed by atoms with Crippen molar-refractivity contribution in [3.8, 4) is 5.75 Å². The van der Waals surface area contributed by atoms with Crippen LogP contribution in [0.15, 0.2) is 27.6 Å². The Morgan fingerprint density at radius 2 is 2.10 bits per heavy atom. The predicted molar refractivity (Wildman–Crippen MR) is 78.9 cm³/mol. The first kappa shape index (κ1) is 16.9. The number of halogens is 1. The molecule has 3 N–H and O–H groups in total. The minimum absolute atomic E-state index is 0.0734. The van der Waals surface area contributed by atoms with Crippen molar-refractivity contribution in [1.29, 1.82) is 0 Å². The molecule has 8 heteroatoms. The molecule has 20 heavy (non-hydrogen) atoms. The third kappa shape index (κ3) is 5.10. The number of benzene rings is 1. The molecule has 0 saturated heterocycles. The third-order valence-corrected chi connectivity index (χ3v) is 4.53. The topological polar surface area (TPSA) is 98.5 Å². The van der Waals surface area contributed by atoms with Crippen molar-refractivity contribution >= 4 is 31.9 Å². The summed E-state index contributed by atoms with van der Waals surface area (Å²) in [6.07, 6.45) is 1.34. The van der Waals surface area contributed by atoms with Gasteiger partial charge in [0, 0.05) is 17.4 Å². The van der Waals surface area contributed by atoms with Gasteiger partial charge in [0.1, 0.15) is 10.6 Å². The van der Waals surface area contributed by atoms with Gasteiger partial charge in [-0.2, -0.15) is 0 Å². The number of nitrogens with two attached hydrogens (primary N) is 1. The lowest BCUT2D eigenvalue weighted by Crippen LogP contribution is -2.25. The van der Waals surface area contributed by atoms with Crippen molar-refractivity contribution in [3.05, 3.63) is 22.7 Å². The summed E-state index contributed by atoms with van der Waals surface area (Å²) in [5.41, 5.74) is 5.01. The highest BCUT2D eigenvalue weighted by Gasteiger charge is 2.19. The summed E-state index contributed by atoms with van der Waals surface area (Å²) in [5, 5.41) is 0. The molecule has 0 spiro atoms. The molecule has 6 nitrogen and oxygen atoms in total. The average molecular weight is 365 g/mol. The van der Waals surface area contributed by atoms with Crippen molar-refractivity contribution in [2.75, 3.05) is 13.7 Å². The number of hydrogen-bond acceptors (Lipinski definition) is 4. The molecule has 0 atom stereocenters. The van der Waals surface area contributed by atoms with Gasteiger partial charge in [-0.3, -0.25) is 4.79 Å². The Balaban J connectivity index is 2.69. The van der Waals surface area contributed by atoms with Gasteiger partial charge < -0.3 is 10.5 Å². The van der Waals surface area contributed by atoms with Crippen LogP contribution >= 0.6 is 15.9 Å². The zero-order valence-corrected chi connectivity index (χ0v) is 13.5. The number of sulfonamides is 1. The second-order valence-electron chi connectivity index (χ2n) is 4.12. The first-order chi connectivity index (χ1) is 9.36. The van der Waals surface area contributed by atoms with E-state index in [1.807, 2.05) is 0 Å². The number of hydrogen-bond donors (Lipinski definition) is 2. The van der Waals surface area contributed by atoms with E-state index in [0.29, 0.717) is 17.3 Å². The lowest BCUT2D eigenvalue weighted by molar-refractivity contribution is -0.118. The van der Waals surface area contributed by atoms with E-state index in [4.69, 9.17) is 10.5 Å². The smallest absolute Gasteiger partial charge is 0.244 e. The fourth-order valence-corrected chi connectivity index (χ4v) is 3.35. The SMILES string of the molecule is COc1ccc(Br)cc1S(=O)(=O)NCCCCC(N)=O. The predicted octanol–water partition coefficient (Wildman–Crippen LogP) is 1.39. The number of rotatable bonds is 8. The van der Waals surface area contributed by atoms with Crippen LogP contribution in [0.25, 0.3) is 0 Å². The van der Waals surface area contributed by atoms with Gasteiger partial charge in [-0.25, -0.2) is 13.1 Å². The molecule has 0 heterocycles. The van der Waals surface area contributed by atoms with Gasteiger partial charge in [0.25, 0.3) is 0 Å². The van der Waals surface area contributed by atoms with Gasteiger partial charge in [-0.1, -0.05) is 15.9 Å². The maximum Gasteiger partial charge on any atom is 0.244 e. The highest BCUT2D eigenvalue weighted by Crippen LogP contribution is 2.26. The van der Waals surface area contributed by atoms with E-state index in [2.05, 4.69) is 20.7 Å². The minimum atomic E-state index is -3.65. The second kappa shape index (κ2) is 7.61. The standard InChI is InChI=1S/C12H17BrN2O4S/c1-19-10-6-5-9(13)8-11(10)20(17,18)15-7-3-2-4-12(14)16/h5-6,8,15H,2-4,7H2,1H3,(H2,14,16). The molecule has 0 unspecified atom stereocenters. The third-order valence-electron chi connectivity index (χ3n) is 2.56. The summed E-state index contributed by atoms with van der Waals surface area (Å²) in [5.74, 6) is -0.112. The molecular formula is C12H17BrN2O4S. The Kier molecular flexibility index (Phi) is 6.44. The largest absolute Gasteiger partial charge is 0.495 e. The van der Waals surface area contributed by atoms with Crippen LogP contribution in [-0.2, 0) is 14.8 Å². The van der Waals surface area contributed by atoms with Crippen LogP contribution in [0.5, 0.6) is 5.75 Å². The van der Waals surface area contributed by atoms with Crippen LogP contribution in [0.2, 0.25) is 0 Å². The summed E-state index contributed by atoms with van der Waals surface area (Å²) < 4.78 is 32.5. The zero-order chi connectivity index (χ0) is 15.2. The number of carbonyl (C=O) groups excluding carboxylic acids is 1. The molecule has 0 aromatic heterocycles. The fourth-order valence-electron chi connectivity index (χ4n) is 1.57. The van der Waals surface area contributed by atoms with Crippen LogP contribution in [0.1, 0.15) is 19.3 Å². The molecule has 0 bridgehead atoms. The highest BCUT2D eigenvalue weighted by molar-refractivity contribution is 9.10. The normalized spacial score (nSPS) is 11.3. The monoisotopic (exact) mass is 364 g/mol. The highest BCUT2D eigenvalue weighted by atomic mass is 79.9. The molecule has 0 aliphatic heterocycles. The summed E-state index contributed by atoms with van der Waals surface area (Å²) in [7, 11) is -2.24. The molecule has 1 rings (SSSR count). The number of unbranched alkanes of at least 4 members (excludes halogenated alkanes) is 1. The molecular weight excluding hydrogens is 348 g/mol. The van der Waals surface area contributed by atoms with Crippen molar-refractivity contribution < 1.29 is 17.9 Å². The first-order valence-electron chi connectivity index (χ1n) is 5.98. The van der Waals surface area contributed by atoms with Gasteiger partial charge >= 0.3 is 0 Å². The van der Waals surface area contributed by atoms with Gasteiger partial charge in [-0.15, -0.1) is 0 Å². The Hall–Kier alpha value is -1.12. The quantitative estimate of drug-likeness (QED) is 0.680. The summed E-state index contributed by atoms with van der Waals surface area (Å²) in [4.78, 5) is 10.6. The van der Waals surface area contributed by atoms with E-state index < -0.39 is 10.0 Å². The number of primary amides is 1. The molecule has 0 fully saturated rings. The van der Waals surface area contributed by atoms with E-state index in [9.17, 15) is 13.2 Å². The molecule has 0 aliphatic carbocycles. The molecule has 1 amide bonds. The van der Waals surface area contributed by atoms with Gasteiger partial charge in [-0.05, 0) is 31.0 Å². The Morgan fingerprint density at radius 1 is 1.40 bits per heavy atom. The molecule has 0 aliphatic rings. The van der Waals surface area contributed by atoms with E-state index >= 15 is 0 Å². The second-order valence-corrected chi connectivity index (χ2v) is 6.77. The molecule has 112 valence electrons. The van der Waals surface area contributed by atoms with Gasteiger partial charge in [0.15, 0.2) is 0 Å². The summed E-state index contributed by atoms with van der Waals surface area (Å²) in [6.45, 7) is 0.241. The first-order valence-corrected chi connectivity index (χ1v) is 8.26. The molecule has 0 radical (unpaired) electrons. The van der Waals surface area contributed by atoms with Crippen LogP contribution in [0, 0.1) is 0 Å². The van der Waals surface area contributed by atoms with Gasteiger partial charge in [0.05, 0.1) is 7.11 Å². The van der Waals surface area contributed by atoms with Crippen LogP contribution < -0.4 is 15.2 Å². The van der Waals surface area contributed by atoms with E-state index in [-0.39, 0.29) is 29.5 Å².